The fraction of sp³-hybridized carbons (Fsp3) is 0.371. The monoisotopic (exact) mass is 731 g/mol. The van der Waals surface area contributed by atoms with Crippen LogP contribution in [0.25, 0.3) is 33.2 Å². The Balaban J connectivity index is 0.000000654. The van der Waals surface area contributed by atoms with Crippen LogP contribution in [0.15, 0.2) is 71.9 Å². The standard InChI is InChI=1S/C33H39N5O5S.C2HF3O2/c1-24-7-9-26(10-8-24)44(40,41)38-30(20-25-6-4-11-34-33(25)38)28-23-37(29-22-32(43-3)31(42-2)21-27(28)29)13-5-12-35-14-16-36(17-15-35)18-19-39;3-2(4,5)1(6)7/h4,6-11,20-23,39H,5,12-19H2,1-3H3;(H,6,7). The van der Waals surface area contributed by atoms with Gasteiger partial charge in [-0.3, -0.25) is 4.90 Å². The molecule has 1 fully saturated rings. The number of β-amino-alcohol motifs (C(OH)–C–C–N with tert-alkyl or cyclic N) is 1. The Kier molecular flexibility index (Phi) is 11.6. The highest BCUT2D eigenvalue weighted by atomic mass is 32.2. The van der Waals surface area contributed by atoms with Crippen molar-refractivity contribution in [2.75, 3.05) is 60.1 Å². The third-order valence-corrected chi connectivity index (χ3v) is 10.5. The number of rotatable bonds is 11. The van der Waals surface area contributed by atoms with Crippen LogP contribution in [0, 0.1) is 6.92 Å². The summed E-state index contributed by atoms with van der Waals surface area (Å²) in [4.78, 5) is 18.4. The van der Waals surface area contributed by atoms with Crippen LogP contribution in [0.4, 0.5) is 13.2 Å². The molecule has 4 heterocycles. The van der Waals surface area contributed by atoms with E-state index in [0.29, 0.717) is 22.8 Å². The van der Waals surface area contributed by atoms with Crippen molar-refractivity contribution in [2.24, 2.45) is 0 Å². The van der Waals surface area contributed by atoms with Gasteiger partial charge in [0.2, 0.25) is 0 Å². The first kappa shape index (κ1) is 37.6. The fourth-order valence-electron chi connectivity index (χ4n) is 6.11. The first-order chi connectivity index (χ1) is 24.3. The van der Waals surface area contributed by atoms with Crippen LogP contribution in [0.5, 0.6) is 11.5 Å². The van der Waals surface area contributed by atoms with Crippen LogP contribution < -0.4 is 9.47 Å². The number of aryl methyl sites for hydroxylation is 2. The summed E-state index contributed by atoms with van der Waals surface area (Å²) in [6.45, 7) is 8.42. The normalized spacial score (nSPS) is 14.4. The molecule has 3 aromatic heterocycles. The summed E-state index contributed by atoms with van der Waals surface area (Å²) in [5.41, 5.74) is 3.60. The average molecular weight is 732 g/mol. The zero-order valence-corrected chi connectivity index (χ0v) is 29.2. The predicted octanol–water partition coefficient (Wildman–Crippen LogP) is 4.85. The Hall–Kier alpha value is -4.64. The van der Waals surface area contributed by atoms with Crippen LogP contribution in [-0.2, 0) is 21.4 Å². The Labute approximate surface area is 293 Å². The van der Waals surface area contributed by atoms with E-state index in [1.54, 1.807) is 44.7 Å². The number of aliphatic hydroxyl groups is 1. The summed E-state index contributed by atoms with van der Waals surface area (Å²) in [6.07, 6.45) is -0.504. The Morgan fingerprint density at radius 2 is 1.53 bits per heavy atom. The highest BCUT2D eigenvalue weighted by molar-refractivity contribution is 7.90. The number of benzene rings is 2. The highest BCUT2D eigenvalue weighted by Crippen LogP contribution is 2.41. The molecule has 0 saturated carbocycles. The number of methoxy groups -OCH3 is 2. The second kappa shape index (κ2) is 15.7. The lowest BCUT2D eigenvalue weighted by atomic mass is 10.1. The van der Waals surface area contributed by atoms with Gasteiger partial charge in [-0.1, -0.05) is 17.7 Å². The van der Waals surface area contributed by atoms with Crippen LogP contribution in [0.2, 0.25) is 0 Å². The van der Waals surface area contributed by atoms with E-state index < -0.39 is 22.2 Å². The Bertz CT molecular complexity index is 2090. The molecular weight excluding hydrogens is 691 g/mol. The second-order valence-corrected chi connectivity index (χ2v) is 13.8. The second-order valence-electron chi connectivity index (χ2n) is 12.1. The molecule has 0 aliphatic carbocycles. The number of hydrogen-bond donors (Lipinski definition) is 2. The van der Waals surface area contributed by atoms with Crippen molar-refractivity contribution >= 4 is 37.9 Å². The number of aromatic nitrogens is 3. The molecule has 16 heteroatoms. The summed E-state index contributed by atoms with van der Waals surface area (Å²) < 4.78 is 75.1. The molecule has 1 aliphatic rings. The van der Waals surface area contributed by atoms with E-state index in [-0.39, 0.29) is 11.5 Å². The average Bonchev–Trinajstić information content (AvgIpc) is 3.67. The summed E-state index contributed by atoms with van der Waals surface area (Å²) in [7, 11) is -0.766. The van der Waals surface area contributed by atoms with Gasteiger partial charge in [0.05, 0.1) is 36.9 Å². The van der Waals surface area contributed by atoms with Crippen LogP contribution >= 0.6 is 0 Å². The summed E-state index contributed by atoms with van der Waals surface area (Å²) >= 11 is 0. The molecule has 2 aromatic carbocycles. The molecule has 5 aromatic rings. The van der Waals surface area contributed by atoms with E-state index >= 15 is 0 Å². The molecule has 12 nitrogen and oxygen atoms in total. The number of carbonyl (C=O) groups is 1. The maximum absolute atomic E-state index is 14.2. The molecular formula is C35H40F3N5O7S. The van der Waals surface area contributed by atoms with Crippen LogP contribution in [0.1, 0.15) is 12.0 Å². The van der Waals surface area contributed by atoms with Crippen molar-refractivity contribution in [1.29, 1.82) is 0 Å². The molecule has 1 saturated heterocycles. The Morgan fingerprint density at radius 1 is 0.922 bits per heavy atom. The molecule has 0 atom stereocenters. The van der Waals surface area contributed by atoms with Crippen molar-refractivity contribution in [3.63, 3.8) is 0 Å². The first-order valence-corrected chi connectivity index (χ1v) is 17.6. The zero-order valence-electron chi connectivity index (χ0n) is 28.4. The first-order valence-electron chi connectivity index (χ1n) is 16.2. The molecule has 274 valence electrons. The SMILES string of the molecule is COc1cc2c(-c3cc4cccnc4n3S(=O)(=O)c3ccc(C)cc3)cn(CCCN3CCN(CCO)CC3)c2cc1OC.O=C(O)C(F)(F)F. The number of ether oxygens (including phenoxy) is 2. The minimum atomic E-state index is -5.08. The van der Waals surface area contributed by atoms with Gasteiger partial charge in [-0.2, -0.15) is 13.2 Å². The summed E-state index contributed by atoms with van der Waals surface area (Å²) in [5, 5.41) is 18.0. The van der Waals surface area contributed by atoms with Crippen molar-refractivity contribution in [1.82, 2.24) is 23.3 Å². The number of hydrogen-bond acceptors (Lipinski definition) is 9. The summed E-state index contributed by atoms with van der Waals surface area (Å²) in [6, 6.07) is 16.4. The highest BCUT2D eigenvalue weighted by Gasteiger charge is 2.38. The van der Waals surface area contributed by atoms with Crippen molar-refractivity contribution in [3.05, 3.63) is 72.6 Å². The largest absolute Gasteiger partial charge is 0.493 e. The molecule has 2 N–H and O–H groups in total. The van der Waals surface area contributed by atoms with Crippen molar-refractivity contribution in [3.8, 4) is 22.8 Å². The van der Waals surface area contributed by atoms with Gasteiger partial charge in [0.1, 0.15) is 0 Å². The molecule has 6 rings (SSSR count). The van der Waals surface area contributed by atoms with E-state index in [4.69, 9.17) is 19.4 Å². The minimum Gasteiger partial charge on any atom is -0.493 e. The van der Waals surface area contributed by atoms with Gasteiger partial charge in [0, 0.05) is 74.1 Å². The number of carboxylic acids is 1. The molecule has 0 radical (unpaired) electrons. The fourth-order valence-corrected chi connectivity index (χ4v) is 7.59. The van der Waals surface area contributed by atoms with Gasteiger partial charge in [-0.05, 0) is 56.3 Å². The molecule has 0 bridgehead atoms. The van der Waals surface area contributed by atoms with Gasteiger partial charge in [-0.25, -0.2) is 22.2 Å². The van der Waals surface area contributed by atoms with E-state index in [1.165, 1.54) is 3.97 Å². The maximum atomic E-state index is 14.2. The van der Waals surface area contributed by atoms with Gasteiger partial charge >= 0.3 is 12.1 Å². The van der Waals surface area contributed by atoms with Gasteiger partial charge in [0.25, 0.3) is 10.0 Å². The number of pyridine rings is 1. The molecule has 51 heavy (non-hydrogen) atoms. The quantitative estimate of drug-likeness (QED) is 0.194. The third-order valence-electron chi connectivity index (χ3n) is 8.74. The number of carboxylic acid groups (broad SMARTS) is 1. The predicted molar refractivity (Wildman–Crippen MR) is 186 cm³/mol. The number of piperazine rings is 1. The van der Waals surface area contributed by atoms with E-state index in [2.05, 4.69) is 19.4 Å². The van der Waals surface area contributed by atoms with Crippen molar-refractivity contribution in [2.45, 2.75) is 31.0 Å². The lowest BCUT2D eigenvalue weighted by molar-refractivity contribution is -0.192. The number of halogens is 3. The van der Waals surface area contributed by atoms with Gasteiger partial charge in [0.15, 0.2) is 17.1 Å². The lowest BCUT2D eigenvalue weighted by Gasteiger charge is -2.34. The van der Waals surface area contributed by atoms with Gasteiger partial charge in [-0.15, -0.1) is 0 Å². The van der Waals surface area contributed by atoms with Crippen LogP contribution in [-0.4, -0.2) is 114 Å². The molecule has 0 spiro atoms. The molecule has 0 amide bonds. The minimum absolute atomic E-state index is 0.193. The lowest BCUT2D eigenvalue weighted by Crippen LogP contribution is -2.47. The number of fused-ring (bicyclic) bond motifs is 2. The van der Waals surface area contributed by atoms with Gasteiger partial charge < -0.3 is 29.2 Å². The summed E-state index contributed by atoms with van der Waals surface area (Å²) in [5.74, 6) is -1.57. The Morgan fingerprint density at radius 3 is 2.12 bits per heavy atom. The number of aliphatic hydroxyl groups excluding tert-OH is 1. The van der Waals surface area contributed by atoms with E-state index in [9.17, 15) is 26.7 Å². The number of alkyl halides is 3. The molecule has 0 unspecified atom stereocenters. The zero-order chi connectivity index (χ0) is 36.9. The van der Waals surface area contributed by atoms with E-state index in [0.717, 1.165) is 79.7 Å². The van der Waals surface area contributed by atoms with Crippen molar-refractivity contribution < 1.29 is 46.1 Å². The third kappa shape index (κ3) is 8.30. The number of aliphatic carboxylic acids is 1. The maximum Gasteiger partial charge on any atom is 0.490 e. The smallest absolute Gasteiger partial charge is 0.490 e. The van der Waals surface area contributed by atoms with Crippen LogP contribution in [0.3, 0.4) is 0 Å². The number of nitrogens with zero attached hydrogens (tertiary/aromatic N) is 5. The topological polar surface area (TPSA) is 139 Å². The van der Waals surface area contributed by atoms with E-state index in [1.807, 2.05) is 43.5 Å². The molecule has 1 aliphatic heterocycles.